The molecule has 0 atom stereocenters. The van der Waals surface area contributed by atoms with Gasteiger partial charge in [0.25, 0.3) is 0 Å². The van der Waals surface area contributed by atoms with Crippen LogP contribution < -0.4 is 0 Å². The van der Waals surface area contributed by atoms with E-state index in [4.69, 9.17) is 20.4 Å². The van der Waals surface area contributed by atoms with Crippen molar-refractivity contribution in [1.82, 2.24) is 0 Å². The minimum absolute atomic E-state index is 0.250. The number of hydrogen-bond acceptors (Lipinski definition) is 4. The molecule has 18 heavy (non-hydrogen) atoms. The lowest BCUT2D eigenvalue weighted by Crippen LogP contribution is -1.75. The molecular formula is C14H36O4. The van der Waals surface area contributed by atoms with Crippen molar-refractivity contribution in [1.29, 1.82) is 0 Å². The molecule has 0 radical (unpaired) electrons. The standard InChI is InChI=1S/3C4H10O.C2H6O/c3*1-2-3-4-5;1-2-3/h3*5H,2-4H2,1H3;3H,2H2,1H3. The lowest BCUT2D eigenvalue weighted by atomic mass is 10.4. The molecule has 0 aromatic heterocycles. The highest BCUT2D eigenvalue weighted by atomic mass is 16.3. The molecule has 0 aliphatic carbocycles. The van der Waals surface area contributed by atoms with Crippen LogP contribution in [0.2, 0.25) is 0 Å². The Balaban J connectivity index is -0.0000000739. The van der Waals surface area contributed by atoms with Crippen LogP contribution in [0.3, 0.4) is 0 Å². The van der Waals surface area contributed by atoms with E-state index in [-0.39, 0.29) is 6.61 Å². The second-order valence-electron chi connectivity index (χ2n) is 3.55. The highest BCUT2D eigenvalue weighted by molar-refractivity contribution is 4.24. The van der Waals surface area contributed by atoms with E-state index in [1.165, 1.54) is 0 Å². The molecule has 0 spiro atoms. The van der Waals surface area contributed by atoms with Crippen molar-refractivity contribution in [3.05, 3.63) is 0 Å². The maximum atomic E-state index is 8.07. The van der Waals surface area contributed by atoms with Gasteiger partial charge in [-0.25, -0.2) is 0 Å². The van der Waals surface area contributed by atoms with Crippen LogP contribution in [-0.2, 0) is 0 Å². The van der Waals surface area contributed by atoms with Gasteiger partial charge in [-0.05, 0) is 26.2 Å². The molecule has 0 bridgehead atoms. The second kappa shape index (κ2) is 43.6. The Morgan fingerprint density at radius 1 is 0.500 bits per heavy atom. The summed E-state index contributed by atoms with van der Waals surface area (Å²) in [5.41, 5.74) is 0. The van der Waals surface area contributed by atoms with Gasteiger partial charge in [-0.1, -0.05) is 40.0 Å². The average molecular weight is 268 g/mol. The van der Waals surface area contributed by atoms with Gasteiger partial charge in [0.2, 0.25) is 0 Å². The van der Waals surface area contributed by atoms with Crippen LogP contribution in [0.5, 0.6) is 0 Å². The van der Waals surface area contributed by atoms with Crippen molar-refractivity contribution in [2.24, 2.45) is 0 Å². The van der Waals surface area contributed by atoms with Gasteiger partial charge in [-0.2, -0.15) is 0 Å². The molecule has 0 aliphatic rings. The molecule has 0 heterocycles. The fourth-order valence-electron chi connectivity index (χ4n) is 0.474. The predicted octanol–water partition coefficient (Wildman–Crippen LogP) is 2.34. The Hall–Kier alpha value is -0.160. The Kier molecular flexibility index (Phi) is 64.0. The average Bonchev–Trinajstić information content (AvgIpc) is 2.35. The van der Waals surface area contributed by atoms with Gasteiger partial charge < -0.3 is 20.4 Å². The quantitative estimate of drug-likeness (QED) is 0.596. The van der Waals surface area contributed by atoms with E-state index in [0.29, 0.717) is 19.8 Å². The molecule has 0 fully saturated rings. The van der Waals surface area contributed by atoms with Crippen LogP contribution in [0.25, 0.3) is 0 Å². The summed E-state index contributed by atoms with van der Waals surface area (Å²) in [4.78, 5) is 0. The molecular weight excluding hydrogens is 232 g/mol. The van der Waals surface area contributed by atoms with Crippen molar-refractivity contribution in [3.8, 4) is 0 Å². The Morgan fingerprint density at radius 2 is 0.667 bits per heavy atom. The first kappa shape index (κ1) is 26.4. The van der Waals surface area contributed by atoms with Gasteiger partial charge in [-0.15, -0.1) is 0 Å². The Bertz CT molecular complexity index is 59.9. The lowest BCUT2D eigenvalue weighted by molar-refractivity contribution is 0.286. The lowest BCUT2D eigenvalue weighted by Gasteiger charge is -1.79. The van der Waals surface area contributed by atoms with Crippen LogP contribution in [-0.4, -0.2) is 46.9 Å². The van der Waals surface area contributed by atoms with Crippen LogP contribution in [0, 0.1) is 0 Å². The number of aliphatic hydroxyl groups is 4. The summed E-state index contributed by atoms with van der Waals surface area (Å²) in [6.07, 6.45) is 6.11. The zero-order valence-electron chi connectivity index (χ0n) is 12.9. The van der Waals surface area contributed by atoms with E-state index in [1.807, 2.05) is 0 Å². The first-order chi connectivity index (χ1) is 8.66. The second-order valence-corrected chi connectivity index (χ2v) is 3.55. The SMILES string of the molecule is CCCCO.CCCCO.CCCCO.CCO. The van der Waals surface area contributed by atoms with E-state index >= 15 is 0 Å². The summed E-state index contributed by atoms with van der Waals surface area (Å²) in [5, 5.41) is 31.8. The number of rotatable bonds is 6. The molecule has 4 N–H and O–H groups in total. The molecule has 0 aliphatic heterocycles. The summed E-state index contributed by atoms with van der Waals surface area (Å²) in [6.45, 7) is 9.12. The smallest absolute Gasteiger partial charge is 0.0430 e. The van der Waals surface area contributed by atoms with Crippen LogP contribution in [0.15, 0.2) is 0 Å². The topological polar surface area (TPSA) is 80.9 Å². The van der Waals surface area contributed by atoms with Crippen LogP contribution in [0.4, 0.5) is 0 Å². The summed E-state index contributed by atoms with van der Waals surface area (Å²) < 4.78 is 0. The Morgan fingerprint density at radius 3 is 0.667 bits per heavy atom. The van der Waals surface area contributed by atoms with Gasteiger partial charge in [0.1, 0.15) is 0 Å². The van der Waals surface area contributed by atoms with E-state index < -0.39 is 0 Å². The van der Waals surface area contributed by atoms with Crippen molar-refractivity contribution in [3.63, 3.8) is 0 Å². The normalized spacial score (nSPS) is 8.00. The minimum Gasteiger partial charge on any atom is -0.397 e. The number of aliphatic hydroxyl groups excluding tert-OH is 4. The number of hydrogen-bond donors (Lipinski definition) is 4. The third-order valence-corrected chi connectivity index (χ3v) is 1.54. The monoisotopic (exact) mass is 268 g/mol. The van der Waals surface area contributed by atoms with Gasteiger partial charge in [0.15, 0.2) is 0 Å². The third-order valence-electron chi connectivity index (χ3n) is 1.54. The molecule has 0 rings (SSSR count). The predicted molar refractivity (Wildman–Crippen MR) is 78.7 cm³/mol. The summed E-state index contributed by atoms with van der Waals surface area (Å²) in [6, 6.07) is 0. The largest absolute Gasteiger partial charge is 0.397 e. The fraction of sp³-hybridized carbons (Fsp3) is 1.00. The van der Waals surface area contributed by atoms with E-state index in [1.54, 1.807) is 6.92 Å². The molecule has 4 heteroatoms. The fourth-order valence-corrected chi connectivity index (χ4v) is 0.474. The van der Waals surface area contributed by atoms with Gasteiger partial charge in [-0.3, -0.25) is 0 Å². The molecule has 0 amide bonds. The first-order valence-corrected chi connectivity index (χ1v) is 7.09. The van der Waals surface area contributed by atoms with Crippen molar-refractivity contribution >= 4 is 0 Å². The summed E-state index contributed by atoms with van der Waals surface area (Å²) in [5.74, 6) is 0. The van der Waals surface area contributed by atoms with Crippen molar-refractivity contribution in [2.75, 3.05) is 26.4 Å². The van der Waals surface area contributed by atoms with E-state index in [2.05, 4.69) is 20.8 Å². The maximum Gasteiger partial charge on any atom is 0.0430 e. The number of unbranched alkanes of at least 4 members (excludes halogenated alkanes) is 3. The van der Waals surface area contributed by atoms with Crippen molar-refractivity contribution < 1.29 is 20.4 Å². The minimum atomic E-state index is 0.250. The molecule has 0 saturated heterocycles. The molecule has 0 unspecified atom stereocenters. The third kappa shape index (κ3) is 102. The Labute approximate surface area is 114 Å². The zero-order valence-corrected chi connectivity index (χ0v) is 12.9. The first-order valence-electron chi connectivity index (χ1n) is 7.09. The molecule has 4 nitrogen and oxygen atoms in total. The maximum absolute atomic E-state index is 8.07. The van der Waals surface area contributed by atoms with Crippen molar-refractivity contribution in [2.45, 2.75) is 66.2 Å². The van der Waals surface area contributed by atoms with E-state index in [0.717, 1.165) is 38.5 Å². The van der Waals surface area contributed by atoms with E-state index in [9.17, 15) is 0 Å². The molecule has 0 saturated carbocycles. The van der Waals surface area contributed by atoms with Crippen LogP contribution >= 0.6 is 0 Å². The summed E-state index contributed by atoms with van der Waals surface area (Å²) in [7, 11) is 0. The molecule has 116 valence electrons. The van der Waals surface area contributed by atoms with Gasteiger partial charge in [0.05, 0.1) is 0 Å². The van der Waals surface area contributed by atoms with Crippen LogP contribution in [0.1, 0.15) is 66.2 Å². The highest BCUT2D eigenvalue weighted by Gasteiger charge is 1.70. The zero-order chi connectivity index (χ0) is 15.1. The molecule has 0 aromatic rings. The van der Waals surface area contributed by atoms with Gasteiger partial charge in [0, 0.05) is 26.4 Å². The summed E-state index contributed by atoms with van der Waals surface area (Å²) >= 11 is 0. The molecule has 0 aromatic carbocycles. The highest BCUT2D eigenvalue weighted by Crippen LogP contribution is 1.79. The van der Waals surface area contributed by atoms with Gasteiger partial charge >= 0.3 is 0 Å².